The fourth-order valence-electron chi connectivity index (χ4n) is 4.30. The summed E-state index contributed by atoms with van der Waals surface area (Å²) in [6, 6.07) is 19.8. The monoisotopic (exact) mass is 521 g/mol. The number of nitrogens with two attached hydrogens (primary N) is 1. The van der Waals surface area contributed by atoms with Crippen LogP contribution in [-0.4, -0.2) is 46.2 Å². The van der Waals surface area contributed by atoms with Crippen LogP contribution < -0.4 is 20.5 Å². The first-order valence-corrected chi connectivity index (χ1v) is 11.8. The largest absolute Gasteiger partial charge is 0.480 e. The summed E-state index contributed by atoms with van der Waals surface area (Å²) in [7, 11) is 2.97. The van der Waals surface area contributed by atoms with E-state index in [2.05, 4.69) is 20.3 Å². The number of primary amides is 1. The highest BCUT2D eigenvalue weighted by atomic mass is 16.5. The molecular weight excluding hydrogens is 498 g/mol. The second kappa shape index (κ2) is 10.5. The average molecular weight is 522 g/mol. The molecule has 0 radical (unpaired) electrons. The molecule has 1 amide bonds. The van der Waals surface area contributed by atoms with Gasteiger partial charge in [-0.3, -0.25) is 9.78 Å². The fraction of sp³-hybridized carbons (Fsp3) is 0.0690. The Morgan fingerprint density at radius 3 is 2.33 bits per heavy atom. The van der Waals surface area contributed by atoms with Crippen LogP contribution in [0, 0.1) is 0 Å². The molecule has 39 heavy (non-hydrogen) atoms. The van der Waals surface area contributed by atoms with Gasteiger partial charge in [0.2, 0.25) is 5.88 Å². The molecule has 0 aliphatic heterocycles. The molecule has 0 aliphatic rings. The van der Waals surface area contributed by atoms with Crippen molar-refractivity contribution in [3.63, 3.8) is 0 Å². The Morgan fingerprint density at radius 1 is 0.846 bits per heavy atom. The van der Waals surface area contributed by atoms with Gasteiger partial charge in [0.25, 0.3) is 5.91 Å². The van der Waals surface area contributed by atoms with E-state index in [0.29, 0.717) is 39.3 Å². The molecule has 0 saturated heterocycles. The molecule has 0 saturated carbocycles. The SMILES string of the molecule is COc1ncc(-c2ccc3c(Nc4ccc(-c5ccccc5)c(C(=O)O)c4)c(C(N)=O)cnc3c2)c(OC)n1. The molecule has 10 heteroatoms. The molecule has 3 aromatic carbocycles. The van der Waals surface area contributed by atoms with Crippen LogP contribution in [0.3, 0.4) is 0 Å². The molecule has 0 atom stereocenters. The lowest BCUT2D eigenvalue weighted by atomic mass is 9.98. The van der Waals surface area contributed by atoms with Gasteiger partial charge in [0.15, 0.2) is 0 Å². The van der Waals surface area contributed by atoms with Crippen LogP contribution in [-0.2, 0) is 0 Å². The lowest BCUT2D eigenvalue weighted by Crippen LogP contribution is -2.14. The standard InChI is InChI=1S/C29H23N5O5/c1-38-27-22(14-32-29(34-27)39-2)17-8-10-20-24(12-17)31-15-23(26(30)35)25(20)33-18-9-11-19(21(13-18)28(36)37)16-6-4-3-5-7-16/h3-15H,1-2H3,(H2,30,35)(H,31,33)(H,36,37). The van der Waals surface area contributed by atoms with Crippen LogP contribution >= 0.6 is 0 Å². The molecule has 2 heterocycles. The smallest absolute Gasteiger partial charge is 0.336 e. The van der Waals surface area contributed by atoms with Crippen LogP contribution in [0.15, 0.2) is 79.1 Å². The van der Waals surface area contributed by atoms with Crippen LogP contribution in [0.1, 0.15) is 20.7 Å². The maximum absolute atomic E-state index is 12.3. The highest BCUT2D eigenvalue weighted by Crippen LogP contribution is 2.35. The van der Waals surface area contributed by atoms with E-state index in [9.17, 15) is 14.7 Å². The van der Waals surface area contributed by atoms with E-state index in [-0.39, 0.29) is 17.1 Å². The Hall–Kier alpha value is -5.51. The molecule has 0 aliphatic carbocycles. The maximum Gasteiger partial charge on any atom is 0.336 e. The van der Waals surface area contributed by atoms with Crippen LogP contribution in [0.2, 0.25) is 0 Å². The van der Waals surface area contributed by atoms with E-state index < -0.39 is 11.9 Å². The van der Waals surface area contributed by atoms with Crippen molar-refractivity contribution in [1.82, 2.24) is 15.0 Å². The van der Waals surface area contributed by atoms with Gasteiger partial charge >= 0.3 is 12.0 Å². The lowest BCUT2D eigenvalue weighted by Gasteiger charge is -2.16. The van der Waals surface area contributed by atoms with Gasteiger partial charge in [-0.1, -0.05) is 48.5 Å². The van der Waals surface area contributed by atoms with Gasteiger partial charge in [0, 0.05) is 23.5 Å². The van der Waals surface area contributed by atoms with Gasteiger partial charge in [0.05, 0.1) is 42.1 Å². The van der Waals surface area contributed by atoms with E-state index in [0.717, 1.165) is 11.1 Å². The summed E-state index contributed by atoms with van der Waals surface area (Å²) in [5.74, 6) is -1.43. The molecule has 5 aromatic rings. The summed E-state index contributed by atoms with van der Waals surface area (Å²) in [6.07, 6.45) is 2.97. The van der Waals surface area contributed by atoms with Gasteiger partial charge in [-0.2, -0.15) is 4.98 Å². The number of hydrogen-bond donors (Lipinski definition) is 3. The second-order valence-electron chi connectivity index (χ2n) is 8.48. The maximum atomic E-state index is 12.3. The van der Waals surface area contributed by atoms with Gasteiger partial charge in [-0.05, 0) is 34.9 Å². The van der Waals surface area contributed by atoms with E-state index in [1.807, 2.05) is 36.4 Å². The minimum absolute atomic E-state index is 0.110. The minimum Gasteiger partial charge on any atom is -0.480 e. The highest BCUT2D eigenvalue weighted by Gasteiger charge is 2.18. The number of carbonyl (C=O) groups excluding carboxylic acids is 1. The molecule has 0 spiro atoms. The normalized spacial score (nSPS) is 10.7. The number of carboxylic acid groups (broad SMARTS) is 1. The van der Waals surface area contributed by atoms with Crippen molar-refractivity contribution in [2.24, 2.45) is 5.73 Å². The fourth-order valence-corrected chi connectivity index (χ4v) is 4.30. The van der Waals surface area contributed by atoms with Crippen LogP contribution in [0.5, 0.6) is 11.9 Å². The number of carboxylic acids is 1. The number of methoxy groups -OCH3 is 2. The Labute approximate surface area is 223 Å². The summed E-state index contributed by atoms with van der Waals surface area (Å²) in [4.78, 5) is 37.3. The zero-order chi connectivity index (χ0) is 27.5. The number of benzene rings is 3. The number of nitrogens with one attached hydrogen (secondary N) is 1. The van der Waals surface area contributed by atoms with Crippen molar-refractivity contribution in [3.05, 3.63) is 90.3 Å². The molecule has 10 nitrogen and oxygen atoms in total. The number of fused-ring (bicyclic) bond motifs is 1. The van der Waals surface area contributed by atoms with Crippen molar-refractivity contribution in [2.75, 3.05) is 19.5 Å². The van der Waals surface area contributed by atoms with E-state index in [1.165, 1.54) is 26.5 Å². The predicted molar refractivity (Wildman–Crippen MR) is 147 cm³/mol. The number of ether oxygens (including phenoxy) is 2. The third-order valence-electron chi connectivity index (χ3n) is 6.16. The van der Waals surface area contributed by atoms with Gasteiger partial charge in [-0.25, -0.2) is 9.78 Å². The van der Waals surface area contributed by atoms with Crippen molar-refractivity contribution >= 4 is 34.2 Å². The molecule has 5 rings (SSSR count). The first kappa shape index (κ1) is 25.2. The predicted octanol–water partition coefficient (Wildman–Crippen LogP) is 4.92. The third-order valence-corrected chi connectivity index (χ3v) is 6.16. The Bertz CT molecular complexity index is 1720. The first-order valence-electron chi connectivity index (χ1n) is 11.8. The summed E-state index contributed by atoms with van der Waals surface area (Å²) in [5.41, 5.74) is 10.1. The van der Waals surface area contributed by atoms with E-state index in [4.69, 9.17) is 15.2 Å². The Morgan fingerprint density at radius 2 is 1.64 bits per heavy atom. The lowest BCUT2D eigenvalue weighted by molar-refractivity contribution is 0.0697. The summed E-state index contributed by atoms with van der Waals surface area (Å²) < 4.78 is 10.5. The number of amides is 1. The molecule has 0 fully saturated rings. The Kier molecular flexibility index (Phi) is 6.75. The number of pyridine rings is 1. The number of nitrogens with zero attached hydrogens (tertiary/aromatic N) is 3. The molecule has 194 valence electrons. The summed E-state index contributed by atoms with van der Waals surface area (Å²) >= 11 is 0. The number of anilines is 2. The van der Waals surface area contributed by atoms with E-state index in [1.54, 1.807) is 30.5 Å². The van der Waals surface area contributed by atoms with Crippen molar-refractivity contribution in [3.8, 4) is 34.1 Å². The zero-order valence-electron chi connectivity index (χ0n) is 21.0. The quantitative estimate of drug-likeness (QED) is 0.259. The average Bonchev–Trinajstić information content (AvgIpc) is 2.96. The molecule has 2 aromatic heterocycles. The topological polar surface area (TPSA) is 150 Å². The first-order chi connectivity index (χ1) is 18.9. The van der Waals surface area contributed by atoms with Crippen molar-refractivity contribution in [1.29, 1.82) is 0 Å². The number of aromatic carboxylic acids is 1. The molecule has 0 unspecified atom stereocenters. The van der Waals surface area contributed by atoms with Crippen molar-refractivity contribution < 1.29 is 24.2 Å². The van der Waals surface area contributed by atoms with Crippen molar-refractivity contribution in [2.45, 2.75) is 0 Å². The Balaban J connectivity index is 1.60. The van der Waals surface area contributed by atoms with Crippen LogP contribution in [0.25, 0.3) is 33.2 Å². The summed E-state index contributed by atoms with van der Waals surface area (Å²) in [6.45, 7) is 0. The molecule has 0 bridgehead atoms. The van der Waals surface area contributed by atoms with Crippen LogP contribution in [0.4, 0.5) is 11.4 Å². The van der Waals surface area contributed by atoms with Gasteiger partial charge in [-0.15, -0.1) is 0 Å². The van der Waals surface area contributed by atoms with E-state index >= 15 is 0 Å². The number of rotatable bonds is 8. The van der Waals surface area contributed by atoms with Gasteiger partial charge < -0.3 is 25.6 Å². The zero-order valence-corrected chi connectivity index (χ0v) is 21.0. The van der Waals surface area contributed by atoms with Gasteiger partial charge in [0.1, 0.15) is 0 Å². The number of aromatic nitrogens is 3. The second-order valence-corrected chi connectivity index (χ2v) is 8.48. The number of hydrogen-bond acceptors (Lipinski definition) is 8. The molecule has 4 N–H and O–H groups in total. The third kappa shape index (κ3) is 4.90. The molecular formula is C29H23N5O5. The number of carbonyl (C=O) groups is 2. The minimum atomic E-state index is -1.08. The highest BCUT2D eigenvalue weighted by molar-refractivity contribution is 6.08. The summed E-state index contributed by atoms with van der Waals surface area (Å²) in [5, 5.41) is 13.7.